The number of methoxy groups -OCH3 is 1. The van der Waals surface area contributed by atoms with Gasteiger partial charge in [0.1, 0.15) is 11.9 Å². The molecule has 0 aliphatic carbocycles. The van der Waals surface area contributed by atoms with Crippen molar-refractivity contribution in [3.05, 3.63) is 94.5 Å². The van der Waals surface area contributed by atoms with Crippen molar-refractivity contribution in [2.24, 2.45) is 0 Å². The number of hydrogen-bond acceptors (Lipinski definition) is 4. The van der Waals surface area contributed by atoms with E-state index in [-0.39, 0.29) is 18.0 Å². The van der Waals surface area contributed by atoms with Crippen LogP contribution in [-0.4, -0.2) is 19.0 Å². The first-order valence-corrected chi connectivity index (χ1v) is 9.40. The molecule has 0 bridgehead atoms. The quantitative estimate of drug-likeness (QED) is 0.659. The van der Waals surface area contributed by atoms with Gasteiger partial charge in [0.25, 0.3) is 5.91 Å². The SMILES string of the molecule is COc1ccccc1NC(=O)c1ccc2c(c1)CC(c1ccc(C)cc1)OC2=O. The summed E-state index contributed by atoms with van der Waals surface area (Å²) < 4.78 is 10.9. The number of aryl methyl sites for hydroxylation is 1. The van der Waals surface area contributed by atoms with E-state index in [0.717, 1.165) is 16.7 Å². The first-order valence-electron chi connectivity index (χ1n) is 9.40. The highest BCUT2D eigenvalue weighted by atomic mass is 16.5. The molecule has 0 aromatic heterocycles. The maximum atomic E-state index is 12.8. The predicted molar refractivity (Wildman–Crippen MR) is 110 cm³/mol. The molecule has 1 atom stereocenters. The van der Waals surface area contributed by atoms with E-state index >= 15 is 0 Å². The Morgan fingerprint density at radius 2 is 1.83 bits per heavy atom. The molecular formula is C24H21NO4. The number of para-hydroxylation sites is 2. The molecule has 1 heterocycles. The molecule has 3 aromatic rings. The van der Waals surface area contributed by atoms with Crippen molar-refractivity contribution in [1.82, 2.24) is 0 Å². The highest BCUT2D eigenvalue weighted by molar-refractivity contribution is 6.06. The van der Waals surface area contributed by atoms with Crippen LogP contribution in [0.3, 0.4) is 0 Å². The van der Waals surface area contributed by atoms with Crippen molar-refractivity contribution in [2.75, 3.05) is 12.4 Å². The molecule has 0 spiro atoms. The average molecular weight is 387 g/mol. The van der Waals surface area contributed by atoms with Gasteiger partial charge in [-0.2, -0.15) is 0 Å². The Bertz CT molecular complexity index is 1070. The number of anilines is 1. The Morgan fingerprint density at radius 3 is 2.59 bits per heavy atom. The number of esters is 1. The standard InChI is InChI=1S/C24H21NO4/c1-15-7-9-16(10-8-15)22-14-18-13-17(11-12-19(18)24(27)29-22)23(26)25-20-5-3-4-6-21(20)28-2/h3-13,22H,14H2,1-2H3,(H,25,26). The van der Waals surface area contributed by atoms with Crippen LogP contribution in [0.2, 0.25) is 0 Å². The van der Waals surface area contributed by atoms with E-state index in [2.05, 4.69) is 5.32 Å². The Balaban J connectivity index is 1.59. The van der Waals surface area contributed by atoms with Crippen LogP contribution in [0.1, 0.15) is 43.5 Å². The summed E-state index contributed by atoms with van der Waals surface area (Å²) in [4.78, 5) is 25.2. The summed E-state index contributed by atoms with van der Waals surface area (Å²) in [7, 11) is 1.56. The number of carbonyl (C=O) groups excluding carboxylic acids is 2. The van der Waals surface area contributed by atoms with E-state index in [0.29, 0.717) is 29.0 Å². The normalized spacial score (nSPS) is 15.2. The molecule has 1 aliphatic heterocycles. The zero-order chi connectivity index (χ0) is 20.4. The van der Waals surface area contributed by atoms with Gasteiger partial charge in [-0.3, -0.25) is 4.79 Å². The van der Waals surface area contributed by atoms with E-state index in [4.69, 9.17) is 9.47 Å². The van der Waals surface area contributed by atoms with Gasteiger partial charge in [0.15, 0.2) is 0 Å². The Labute approximate surface area is 169 Å². The minimum atomic E-state index is -0.367. The molecule has 0 radical (unpaired) electrons. The molecule has 5 nitrogen and oxygen atoms in total. The second-order valence-electron chi connectivity index (χ2n) is 7.04. The van der Waals surface area contributed by atoms with Crippen LogP contribution in [0.5, 0.6) is 5.75 Å². The van der Waals surface area contributed by atoms with Gasteiger partial charge in [0, 0.05) is 12.0 Å². The maximum absolute atomic E-state index is 12.8. The molecule has 4 rings (SSSR count). The van der Waals surface area contributed by atoms with Crippen LogP contribution >= 0.6 is 0 Å². The molecule has 146 valence electrons. The van der Waals surface area contributed by atoms with Crippen molar-refractivity contribution in [2.45, 2.75) is 19.4 Å². The van der Waals surface area contributed by atoms with E-state index in [1.54, 1.807) is 37.4 Å². The van der Waals surface area contributed by atoms with Gasteiger partial charge in [-0.05, 0) is 48.4 Å². The smallest absolute Gasteiger partial charge is 0.339 e. The first-order chi connectivity index (χ1) is 14.0. The van der Waals surface area contributed by atoms with E-state index < -0.39 is 0 Å². The number of amides is 1. The van der Waals surface area contributed by atoms with Crippen LogP contribution in [0, 0.1) is 6.92 Å². The molecule has 0 fully saturated rings. The monoisotopic (exact) mass is 387 g/mol. The van der Waals surface area contributed by atoms with Gasteiger partial charge >= 0.3 is 5.97 Å². The summed E-state index contributed by atoms with van der Waals surface area (Å²) in [5.41, 5.74) is 4.47. The number of ether oxygens (including phenoxy) is 2. The molecule has 1 aliphatic rings. The largest absolute Gasteiger partial charge is 0.495 e. The van der Waals surface area contributed by atoms with E-state index in [1.165, 1.54) is 0 Å². The third kappa shape index (κ3) is 3.85. The molecule has 1 amide bonds. The van der Waals surface area contributed by atoms with Crippen molar-refractivity contribution in [1.29, 1.82) is 0 Å². The van der Waals surface area contributed by atoms with Gasteiger partial charge in [-0.15, -0.1) is 0 Å². The summed E-state index contributed by atoms with van der Waals surface area (Å²) in [6.45, 7) is 2.01. The summed E-state index contributed by atoms with van der Waals surface area (Å²) in [6, 6.07) is 20.2. The molecular weight excluding hydrogens is 366 g/mol. The minimum absolute atomic E-state index is 0.261. The van der Waals surface area contributed by atoms with Crippen LogP contribution in [0.15, 0.2) is 66.7 Å². The summed E-state index contributed by atoms with van der Waals surface area (Å²) >= 11 is 0. The highest BCUT2D eigenvalue weighted by Gasteiger charge is 2.28. The molecule has 0 saturated heterocycles. The fourth-order valence-corrected chi connectivity index (χ4v) is 3.45. The number of rotatable bonds is 4. The third-order valence-corrected chi connectivity index (χ3v) is 5.05. The van der Waals surface area contributed by atoms with Crippen LogP contribution in [-0.2, 0) is 11.2 Å². The van der Waals surface area contributed by atoms with E-state index in [9.17, 15) is 9.59 Å². The van der Waals surface area contributed by atoms with Gasteiger partial charge in [0.05, 0.1) is 18.4 Å². The number of benzene rings is 3. The van der Waals surface area contributed by atoms with Crippen LogP contribution < -0.4 is 10.1 Å². The second-order valence-corrected chi connectivity index (χ2v) is 7.04. The number of fused-ring (bicyclic) bond motifs is 1. The zero-order valence-electron chi connectivity index (χ0n) is 16.3. The van der Waals surface area contributed by atoms with Gasteiger partial charge in [-0.1, -0.05) is 42.0 Å². The fourth-order valence-electron chi connectivity index (χ4n) is 3.45. The van der Waals surface area contributed by atoms with E-state index in [1.807, 2.05) is 43.3 Å². The Morgan fingerprint density at radius 1 is 1.07 bits per heavy atom. The summed E-state index contributed by atoms with van der Waals surface area (Å²) in [5.74, 6) is -0.0431. The fraction of sp³-hybridized carbons (Fsp3) is 0.167. The Hall–Kier alpha value is -3.60. The molecule has 29 heavy (non-hydrogen) atoms. The summed E-state index contributed by atoms with van der Waals surface area (Å²) in [5, 5.41) is 2.86. The Kier molecular flexibility index (Phi) is 5.04. The van der Waals surface area contributed by atoms with Gasteiger partial charge in [-0.25, -0.2) is 4.79 Å². The van der Waals surface area contributed by atoms with Crippen LogP contribution in [0.4, 0.5) is 5.69 Å². The lowest BCUT2D eigenvalue weighted by Crippen LogP contribution is -2.23. The lowest BCUT2D eigenvalue weighted by atomic mass is 9.92. The zero-order valence-corrected chi connectivity index (χ0v) is 16.3. The first kappa shape index (κ1) is 18.7. The molecule has 5 heteroatoms. The van der Waals surface area contributed by atoms with Gasteiger partial charge < -0.3 is 14.8 Å². The second kappa shape index (κ2) is 7.80. The molecule has 3 aromatic carbocycles. The van der Waals surface area contributed by atoms with Crippen molar-refractivity contribution in [3.8, 4) is 5.75 Å². The lowest BCUT2D eigenvalue weighted by Gasteiger charge is -2.25. The van der Waals surface area contributed by atoms with Crippen LogP contribution in [0.25, 0.3) is 0 Å². The minimum Gasteiger partial charge on any atom is -0.495 e. The summed E-state index contributed by atoms with van der Waals surface area (Å²) in [6.07, 6.45) is 0.169. The molecule has 0 saturated carbocycles. The van der Waals surface area contributed by atoms with Crippen molar-refractivity contribution >= 4 is 17.6 Å². The topological polar surface area (TPSA) is 64.6 Å². The maximum Gasteiger partial charge on any atom is 0.339 e. The van der Waals surface area contributed by atoms with Crippen molar-refractivity contribution in [3.63, 3.8) is 0 Å². The number of nitrogens with one attached hydrogen (secondary N) is 1. The van der Waals surface area contributed by atoms with Gasteiger partial charge in [0.2, 0.25) is 0 Å². The number of hydrogen-bond donors (Lipinski definition) is 1. The number of cyclic esters (lactones) is 1. The third-order valence-electron chi connectivity index (χ3n) is 5.05. The lowest BCUT2D eigenvalue weighted by molar-refractivity contribution is 0.0252. The highest BCUT2D eigenvalue weighted by Crippen LogP contribution is 2.31. The average Bonchev–Trinajstić information content (AvgIpc) is 2.74. The number of carbonyl (C=O) groups is 2. The van der Waals surface area contributed by atoms with Crippen molar-refractivity contribution < 1.29 is 19.1 Å². The molecule has 1 unspecified atom stereocenters. The predicted octanol–water partition coefficient (Wildman–Crippen LogP) is 4.71. The molecule has 1 N–H and O–H groups in total.